The van der Waals surface area contributed by atoms with Crippen LogP contribution in [0.15, 0.2) is 64.0 Å². The molecule has 0 radical (unpaired) electrons. The molecule has 6 nitrogen and oxygen atoms in total. The van der Waals surface area contributed by atoms with Gasteiger partial charge in [-0.3, -0.25) is 4.79 Å². The first-order chi connectivity index (χ1) is 13.6. The number of nitrogens with zero attached hydrogens (tertiary/aromatic N) is 2. The van der Waals surface area contributed by atoms with Crippen LogP contribution in [0.4, 0.5) is 5.69 Å². The minimum Gasteiger partial charge on any atom is -0.493 e. The fourth-order valence-corrected chi connectivity index (χ4v) is 3.91. The fourth-order valence-electron chi connectivity index (χ4n) is 2.75. The Hall–Kier alpha value is -3.24. The number of rotatable bonds is 6. The van der Waals surface area contributed by atoms with Crippen LogP contribution in [0.5, 0.6) is 5.75 Å². The summed E-state index contributed by atoms with van der Waals surface area (Å²) in [6.07, 6.45) is 0. The van der Waals surface area contributed by atoms with Gasteiger partial charge in [0, 0.05) is 11.9 Å². The number of hydrogen-bond acceptors (Lipinski definition) is 7. The lowest BCUT2D eigenvalue weighted by molar-refractivity contribution is -0.118. The Bertz CT molecular complexity index is 994. The third kappa shape index (κ3) is 3.87. The molecule has 0 N–H and O–H groups in total. The van der Waals surface area contributed by atoms with Gasteiger partial charge in [0.1, 0.15) is 28.0 Å². The van der Waals surface area contributed by atoms with Crippen molar-refractivity contribution in [2.75, 3.05) is 25.2 Å². The molecule has 2 aromatic carbocycles. The van der Waals surface area contributed by atoms with Crippen LogP contribution in [-0.2, 0) is 9.53 Å². The summed E-state index contributed by atoms with van der Waals surface area (Å²) in [4.78, 5) is 27.7. The smallest absolute Gasteiger partial charge is 0.342 e. The number of Topliss-reactive ketones (excluding diaryl/α,β-unsaturated/α-hetero) is 1. The molecule has 0 atom stereocenters. The number of ether oxygens (including phenoxy) is 2. The standard InChI is InChI=1S/C21H18N2O4S/c1-3-26-18-10-6-4-8-14(18)21(25)27-13-17(24)15(12-22)20-23(2)16-9-5-7-11-19(16)28-20/h4-11H,3,13H2,1-2H3/b20-15-. The number of benzene rings is 2. The molecule has 0 fully saturated rings. The molecule has 1 heterocycles. The van der Waals surface area contributed by atoms with Gasteiger partial charge in [0.05, 0.1) is 12.3 Å². The van der Waals surface area contributed by atoms with E-state index in [4.69, 9.17) is 9.47 Å². The summed E-state index contributed by atoms with van der Waals surface area (Å²) in [5.74, 6) is -0.829. The molecular formula is C21H18N2O4S. The molecule has 0 unspecified atom stereocenters. The van der Waals surface area contributed by atoms with Crippen molar-refractivity contribution in [2.45, 2.75) is 11.8 Å². The Morgan fingerprint density at radius 2 is 1.86 bits per heavy atom. The Balaban J connectivity index is 1.74. The first-order valence-electron chi connectivity index (χ1n) is 8.64. The number of ketones is 1. The zero-order chi connectivity index (χ0) is 20.1. The minimum atomic E-state index is -0.671. The second kappa shape index (κ2) is 8.63. The molecule has 1 aliphatic rings. The number of carbonyl (C=O) groups excluding carboxylic acids is 2. The maximum atomic E-state index is 12.6. The third-order valence-electron chi connectivity index (χ3n) is 4.08. The second-order valence-corrected chi connectivity index (χ2v) is 6.88. The molecular weight excluding hydrogens is 376 g/mol. The zero-order valence-electron chi connectivity index (χ0n) is 15.5. The van der Waals surface area contributed by atoms with E-state index >= 15 is 0 Å². The summed E-state index contributed by atoms with van der Waals surface area (Å²) >= 11 is 1.35. The van der Waals surface area contributed by atoms with Gasteiger partial charge in [0.2, 0.25) is 5.78 Å². The van der Waals surface area contributed by atoms with Gasteiger partial charge in [-0.25, -0.2) is 4.79 Å². The number of carbonyl (C=O) groups is 2. The van der Waals surface area contributed by atoms with Gasteiger partial charge in [-0.05, 0) is 31.2 Å². The first-order valence-corrected chi connectivity index (χ1v) is 9.45. The largest absolute Gasteiger partial charge is 0.493 e. The molecule has 0 saturated heterocycles. The van der Waals surface area contributed by atoms with Crippen LogP contribution in [0.25, 0.3) is 0 Å². The summed E-state index contributed by atoms with van der Waals surface area (Å²) in [7, 11) is 1.79. The molecule has 0 saturated carbocycles. The maximum Gasteiger partial charge on any atom is 0.342 e. The lowest BCUT2D eigenvalue weighted by Crippen LogP contribution is -2.20. The number of para-hydroxylation sites is 2. The van der Waals surface area contributed by atoms with Gasteiger partial charge < -0.3 is 14.4 Å². The highest BCUT2D eigenvalue weighted by Gasteiger charge is 2.28. The summed E-state index contributed by atoms with van der Waals surface area (Å²) in [5, 5.41) is 10.0. The van der Waals surface area contributed by atoms with Crippen molar-refractivity contribution in [1.29, 1.82) is 5.26 Å². The number of fused-ring (bicyclic) bond motifs is 1. The van der Waals surface area contributed by atoms with Gasteiger partial charge in [-0.1, -0.05) is 36.0 Å². The Morgan fingerprint density at radius 3 is 2.57 bits per heavy atom. The fraction of sp³-hybridized carbons (Fsp3) is 0.190. The van der Waals surface area contributed by atoms with E-state index in [2.05, 4.69) is 0 Å². The molecule has 0 bridgehead atoms. The van der Waals surface area contributed by atoms with Crippen molar-refractivity contribution >= 4 is 29.2 Å². The van der Waals surface area contributed by atoms with Gasteiger partial charge in [-0.15, -0.1) is 0 Å². The van der Waals surface area contributed by atoms with E-state index in [0.29, 0.717) is 17.4 Å². The molecule has 2 aromatic rings. The third-order valence-corrected chi connectivity index (χ3v) is 5.32. The molecule has 0 aromatic heterocycles. The van der Waals surface area contributed by atoms with E-state index in [-0.39, 0.29) is 11.1 Å². The summed E-state index contributed by atoms with van der Waals surface area (Å²) in [6.45, 7) is 1.69. The zero-order valence-corrected chi connectivity index (χ0v) is 16.3. The van der Waals surface area contributed by atoms with Crippen molar-refractivity contribution in [3.8, 4) is 11.8 Å². The summed E-state index contributed by atoms with van der Waals surface area (Å²) in [6, 6.07) is 16.2. The van der Waals surface area contributed by atoms with E-state index in [1.807, 2.05) is 37.3 Å². The molecule has 28 heavy (non-hydrogen) atoms. The number of anilines is 1. The predicted molar refractivity (Wildman–Crippen MR) is 106 cm³/mol. The van der Waals surface area contributed by atoms with Crippen molar-refractivity contribution in [3.63, 3.8) is 0 Å². The number of thioether (sulfide) groups is 1. The van der Waals surface area contributed by atoms with Crippen LogP contribution < -0.4 is 9.64 Å². The predicted octanol–water partition coefficient (Wildman–Crippen LogP) is 3.79. The van der Waals surface area contributed by atoms with Crippen molar-refractivity contribution < 1.29 is 19.1 Å². The molecule has 142 valence electrons. The average molecular weight is 394 g/mol. The van der Waals surface area contributed by atoms with Crippen LogP contribution in [-0.4, -0.2) is 32.0 Å². The van der Waals surface area contributed by atoms with Gasteiger partial charge in [-0.2, -0.15) is 5.26 Å². The van der Waals surface area contributed by atoms with Crippen molar-refractivity contribution in [3.05, 3.63) is 64.7 Å². The SMILES string of the molecule is CCOc1ccccc1C(=O)OCC(=O)/C(C#N)=C1\Sc2ccccc2N1C. The summed E-state index contributed by atoms with van der Waals surface area (Å²) in [5.41, 5.74) is 1.13. The van der Waals surface area contributed by atoms with Crippen LogP contribution in [0.2, 0.25) is 0 Å². The van der Waals surface area contributed by atoms with E-state index in [1.54, 1.807) is 36.2 Å². The lowest BCUT2D eigenvalue weighted by Gasteiger charge is -2.15. The molecule has 0 aliphatic carbocycles. The Labute approximate surface area is 167 Å². The van der Waals surface area contributed by atoms with Gasteiger partial charge in [0.25, 0.3) is 0 Å². The van der Waals surface area contributed by atoms with Crippen molar-refractivity contribution in [2.24, 2.45) is 0 Å². The van der Waals surface area contributed by atoms with Crippen LogP contribution in [0.1, 0.15) is 17.3 Å². The molecule has 1 aliphatic heterocycles. The molecule has 7 heteroatoms. The molecule has 0 amide bonds. The maximum absolute atomic E-state index is 12.6. The van der Waals surface area contributed by atoms with E-state index < -0.39 is 18.4 Å². The highest BCUT2D eigenvalue weighted by molar-refractivity contribution is 8.03. The highest BCUT2D eigenvalue weighted by Crippen LogP contribution is 2.46. The van der Waals surface area contributed by atoms with Gasteiger partial charge in [0.15, 0.2) is 6.61 Å². The topological polar surface area (TPSA) is 79.6 Å². The van der Waals surface area contributed by atoms with E-state index in [0.717, 1.165) is 10.6 Å². The molecule has 0 spiro atoms. The van der Waals surface area contributed by atoms with Gasteiger partial charge >= 0.3 is 5.97 Å². The van der Waals surface area contributed by atoms with Crippen LogP contribution in [0, 0.1) is 11.3 Å². The van der Waals surface area contributed by atoms with E-state index in [1.165, 1.54) is 11.8 Å². The normalized spacial score (nSPS) is 14.1. The van der Waals surface area contributed by atoms with Crippen LogP contribution >= 0.6 is 11.8 Å². The number of esters is 1. The van der Waals surface area contributed by atoms with Crippen LogP contribution in [0.3, 0.4) is 0 Å². The Kier molecular flexibility index (Phi) is 6.02. The summed E-state index contributed by atoms with van der Waals surface area (Å²) < 4.78 is 10.6. The number of hydrogen-bond donors (Lipinski definition) is 0. The number of nitriles is 1. The monoisotopic (exact) mass is 394 g/mol. The average Bonchev–Trinajstić information content (AvgIpc) is 3.04. The molecule has 3 rings (SSSR count). The minimum absolute atomic E-state index is 0.0328. The second-order valence-electron chi connectivity index (χ2n) is 5.85. The van der Waals surface area contributed by atoms with Crippen molar-refractivity contribution in [1.82, 2.24) is 0 Å². The van der Waals surface area contributed by atoms with E-state index in [9.17, 15) is 14.9 Å². The quantitative estimate of drug-likeness (QED) is 0.419. The lowest BCUT2D eigenvalue weighted by atomic mass is 10.2. The highest BCUT2D eigenvalue weighted by atomic mass is 32.2. The Morgan fingerprint density at radius 1 is 1.14 bits per heavy atom. The first kappa shape index (κ1) is 19.5.